The van der Waals surface area contributed by atoms with Gasteiger partial charge in [0.2, 0.25) is 0 Å². The first kappa shape index (κ1) is 7.64. The average Bonchev–Trinajstić information content (AvgIpc) is 2.04. The molecule has 1 aromatic rings. The van der Waals surface area contributed by atoms with Gasteiger partial charge in [0, 0.05) is 25.1 Å². The Labute approximate surface area is 71.0 Å². The molecule has 0 spiro atoms. The second-order valence-electron chi connectivity index (χ2n) is 2.81. The lowest BCUT2D eigenvalue weighted by molar-refractivity contribution is -0.00592. The molecule has 1 aliphatic rings. The minimum Gasteiger partial charge on any atom is -0.378 e. The Morgan fingerprint density at radius 1 is 1.50 bits per heavy atom. The smallest absolute Gasteiger partial charge is 0.0724 e. The van der Waals surface area contributed by atoms with Gasteiger partial charge in [-0.25, -0.2) is 0 Å². The number of nitrogens with zero attached hydrogens (tertiary/aromatic N) is 2. The Kier molecular flexibility index (Phi) is 2.29. The van der Waals surface area contributed by atoms with Crippen molar-refractivity contribution in [2.45, 2.75) is 12.6 Å². The summed E-state index contributed by atoms with van der Waals surface area (Å²) >= 11 is 0. The SMILES string of the molecule is c1cnc(CNC2COC2)cn1. The second-order valence-corrected chi connectivity index (χ2v) is 2.81. The number of aromatic nitrogens is 2. The fourth-order valence-corrected chi connectivity index (χ4v) is 1.02. The Bertz CT molecular complexity index is 235. The molecule has 0 amide bonds. The minimum absolute atomic E-state index is 0.506. The predicted octanol–water partition coefficient (Wildman–Crippen LogP) is -0.0350. The van der Waals surface area contributed by atoms with Gasteiger partial charge in [0.05, 0.1) is 24.9 Å². The minimum atomic E-state index is 0.506. The molecule has 0 aliphatic carbocycles. The molecule has 64 valence electrons. The zero-order valence-electron chi connectivity index (χ0n) is 6.73. The topological polar surface area (TPSA) is 47.0 Å². The third kappa shape index (κ3) is 1.78. The standard InChI is InChI=1S/C8H11N3O/c1-2-10-7(3-9-1)4-11-8-5-12-6-8/h1-3,8,11H,4-6H2. The monoisotopic (exact) mass is 165 g/mol. The summed E-state index contributed by atoms with van der Waals surface area (Å²) in [5.41, 5.74) is 0.976. The van der Waals surface area contributed by atoms with E-state index in [1.807, 2.05) is 0 Å². The normalized spacial score (nSPS) is 17.3. The zero-order valence-corrected chi connectivity index (χ0v) is 6.73. The maximum Gasteiger partial charge on any atom is 0.0724 e. The second kappa shape index (κ2) is 3.60. The van der Waals surface area contributed by atoms with Crippen molar-refractivity contribution < 1.29 is 4.74 Å². The Balaban J connectivity index is 1.79. The summed E-state index contributed by atoms with van der Waals surface area (Å²) in [6.45, 7) is 2.42. The van der Waals surface area contributed by atoms with E-state index in [0.717, 1.165) is 25.5 Å². The highest BCUT2D eigenvalue weighted by atomic mass is 16.5. The third-order valence-corrected chi connectivity index (χ3v) is 1.83. The molecule has 0 aromatic carbocycles. The van der Waals surface area contributed by atoms with Gasteiger partial charge in [-0.1, -0.05) is 0 Å². The van der Waals surface area contributed by atoms with E-state index < -0.39 is 0 Å². The first-order valence-electron chi connectivity index (χ1n) is 4.01. The molecule has 4 nitrogen and oxygen atoms in total. The molecular weight excluding hydrogens is 154 g/mol. The van der Waals surface area contributed by atoms with Crippen LogP contribution in [0.3, 0.4) is 0 Å². The molecular formula is C8H11N3O. The van der Waals surface area contributed by atoms with Crippen molar-refractivity contribution in [2.75, 3.05) is 13.2 Å². The lowest BCUT2D eigenvalue weighted by Gasteiger charge is -2.26. The van der Waals surface area contributed by atoms with Crippen LogP contribution in [0, 0.1) is 0 Å². The van der Waals surface area contributed by atoms with Crippen molar-refractivity contribution in [2.24, 2.45) is 0 Å². The largest absolute Gasteiger partial charge is 0.378 e. The molecule has 0 saturated carbocycles. The molecule has 1 saturated heterocycles. The molecule has 4 heteroatoms. The summed E-state index contributed by atoms with van der Waals surface area (Å²) in [5, 5.41) is 3.31. The zero-order chi connectivity index (χ0) is 8.23. The van der Waals surface area contributed by atoms with Crippen LogP contribution in [0.25, 0.3) is 0 Å². The molecule has 1 N–H and O–H groups in total. The number of rotatable bonds is 3. The maximum atomic E-state index is 5.02. The van der Waals surface area contributed by atoms with Crippen molar-refractivity contribution in [3.8, 4) is 0 Å². The fourth-order valence-electron chi connectivity index (χ4n) is 1.02. The van der Waals surface area contributed by atoms with E-state index in [1.165, 1.54) is 0 Å². The van der Waals surface area contributed by atoms with Crippen molar-refractivity contribution >= 4 is 0 Å². The molecule has 2 rings (SSSR count). The van der Waals surface area contributed by atoms with E-state index in [9.17, 15) is 0 Å². The van der Waals surface area contributed by atoms with Crippen LogP contribution in [0.4, 0.5) is 0 Å². The van der Waals surface area contributed by atoms with E-state index in [1.54, 1.807) is 18.6 Å². The molecule has 12 heavy (non-hydrogen) atoms. The van der Waals surface area contributed by atoms with Crippen LogP contribution in [-0.2, 0) is 11.3 Å². The van der Waals surface area contributed by atoms with Gasteiger partial charge in [0.1, 0.15) is 0 Å². The molecule has 0 bridgehead atoms. The number of ether oxygens (including phenoxy) is 1. The Morgan fingerprint density at radius 2 is 2.42 bits per heavy atom. The highest BCUT2D eigenvalue weighted by molar-refractivity contribution is 4.94. The van der Waals surface area contributed by atoms with E-state index >= 15 is 0 Å². The first-order valence-corrected chi connectivity index (χ1v) is 4.01. The van der Waals surface area contributed by atoms with E-state index in [0.29, 0.717) is 6.04 Å². The molecule has 1 fully saturated rings. The summed E-state index contributed by atoms with van der Waals surface area (Å²) < 4.78 is 5.02. The number of hydrogen-bond acceptors (Lipinski definition) is 4. The summed E-state index contributed by atoms with van der Waals surface area (Å²) in [5.74, 6) is 0. The lowest BCUT2D eigenvalue weighted by Crippen LogP contribution is -2.45. The predicted molar refractivity (Wildman–Crippen MR) is 43.5 cm³/mol. The van der Waals surface area contributed by atoms with Crippen molar-refractivity contribution in [3.05, 3.63) is 24.3 Å². The molecule has 0 unspecified atom stereocenters. The average molecular weight is 165 g/mol. The van der Waals surface area contributed by atoms with Crippen LogP contribution >= 0.6 is 0 Å². The first-order chi connectivity index (χ1) is 5.95. The van der Waals surface area contributed by atoms with E-state index in [2.05, 4.69) is 15.3 Å². The van der Waals surface area contributed by atoms with Gasteiger partial charge in [-0.15, -0.1) is 0 Å². The van der Waals surface area contributed by atoms with Crippen LogP contribution in [0.15, 0.2) is 18.6 Å². The van der Waals surface area contributed by atoms with E-state index in [-0.39, 0.29) is 0 Å². The van der Waals surface area contributed by atoms with Crippen LogP contribution in [-0.4, -0.2) is 29.2 Å². The summed E-state index contributed by atoms with van der Waals surface area (Å²) in [6, 6.07) is 0.506. The molecule has 1 aromatic heterocycles. The number of hydrogen-bond donors (Lipinski definition) is 1. The van der Waals surface area contributed by atoms with Crippen molar-refractivity contribution in [3.63, 3.8) is 0 Å². The van der Waals surface area contributed by atoms with Crippen LogP contribution in [0.1, 0.15) is 5.69 Å². The Hall–Kier alpha value is -1.00. The van der Waals surface area contributed by atoms with E-state index in [4.69, 9.17) is 4.74 Å². The van der Waals surface area contributed by atoms with Crippen LogP contribution in [0.2, 0.25) is 0 Å². The molecule has 1 aliphatic heterocycles. The van der Waals surface area contributed by atoms with Crippen LogP contribution in [0.5, 0.6) is 0 Å². The van der Waals surface area contributed by atoms with Gasteiger partial charge in [0.25, 0.3) is 0 Å². The number of nitrogens with one attached hydrogen (secondary N) is 1. The summed E-state index contributed by atoms with van der Waals surface area (Å²) in [7, 11) is 0. The lowest BCUT2D eigenvalue weighted by atomic mass is 10.2. The van der Waals surface area contributed by atoms with Gasteiger partial charge in [0.15, 0.2) is 0 Å². The van der Waals surface area contributed by atoms with Gasteiger partial charge in [-0.3, -0.25) is 9.97 Å². The highest BCUT2D eigenvalue weighted by Crippen LogP contribution is 2.00. The third-order valence-electron chi connectivity index (χ3n) is 1.83. The van der Waals surface area contributed by atoms with Gasteiger partial charge >= 0.3 is 0 Å². The van der Waals surface area contributed by atoms with Crippen molar-refractivity contribution in [1.82, 2.24) is 15.3 Å². The molecule has 0 atom stereocenters. The quantitative estimate of drug-likeness (QED) is 0.683. The summed E-state index contributed by atoms with van der Waals surface area (Å²) in [6.07, 6.45) is 5.15. The Morgan fingerprint density at radius 3 is 3.00 bits per heavy atom. The molecule has 2 heterocycles. The highest BCUT2D eigenvalue weighted by Gasteiger charge is 2.16. The summed E-state index contributed by atoms with van der Waals surface area (Å²) in [4.78, 5) is 8.12. The maximum absolute atomic E-state index is 5.02. The van der Waals surface area contributed by atoms with Crippen molar-refractivity contribution in [1.29, 1.82) is 0 Å². The van der Waals surface area contributed by atoms with Gasteiger partial charge < -0.3 is 10.1 Å². The molecule has 0 radical (unpaired) electrons. The fraction of sp³-hybridized carbons (Fsp3) is 0.500. The van der Waals surface area contributed by atoms with Gasteiger partial charge in [-0.05, 0) is 0 Å². The van der Waals surface area contributed by atoms with Gasteiger partial charge in [-0.2, -0.15) is 0 Å². The van der Waals surface area contributed by atoms with Crippen LogP contribution < -0.4 is 5.32 Å².